The van der Waals surface area contributed by atoms with Gasteiger partial charge in [-0.05, 0) is 25.8 Å². The van der Waals surface area contributed by atoms with Gasteiger partial charge in [0.2, 0.25) is 0 Å². The van der Waals surface area contributed by atoms with Gasteiger partial charge in [0.15, 0.2) is 6.29 Å². The average molecular weight is 368 g/mol. The van der Waals surface area contributed by atoms with E-state index in [9.17, 15) is 25.2 Å². The minimum absolute atomic E-state index is 0.340. The third kappa shape index (κ3) is 3.75. The smallest absolute Gasteiger partial charge is 0.339 e. The maximum atomic E-state index is 11.8. The minimum atomic E-state index is -1.47. The Labute approximate surface area is 150 Å². The van der Waals surface area contributed by atoms with Gasteiger partial charge in [-0.15, -0.1) is 0 Å². The van der Waals surface area contributed by atoms with Crippen LogP contribution in [0.3, 0.4) is 0 Å². The fraction of sp³-hybridized carbons (Fsp3) is 0.611. The second-order valence-corrected chi connectivity index (χ2v) is 6.70. The second kappa shape index (κ2) is 7.99. The van der Waals surface area contributed by atoms with Crippen molar-refractivity contribution in [1.29, 1.82) is 0 Å². The van der Waals surface area contributed by atoms with Crippen LogP contribution in [0.25, 0.3) is 0 Å². The van der Waals surface area contributed by atoms with Crippen LogP contribution in [0.4, 0.5) is 0 Å². The van der Waals surface area contributed by atoms with Crippen molar-refractivity contribution in [3.8, 4) is 0 Å². The molecule has 3 rings (SSSR count). The van der Waals surface area contributed by atoms with Crippen LogP contribution in [0, 0.1) is 0 Å². The van der Waals surface area contributed by atoms with Crippen molar-refractivity contribution in [2.45, 2.75) is 62.7 Å². The molecule has 1 saturated heterocycles. The van der Waals surface area contributed by atoms with Crippen LogP contribution < -0.4 is 0 Å². The molecular weight excluding hydrogens is 344 g/mol. The Bertz CT molecular complexity index is 633. The Morgan fingerprint density at radius 2 is 1.88 bits per heavy atom. The molecule has 0 radical (unpaired) electrons. The molecule has 1 aromatic rings. The van der Waals surface area contributed by atoms with Crippen LogP contribution in [-0.4, -0.2) is 69.8 Å². The number of carbonyl (C=O) groups excluding carboxylic acids is 1. The number of benzene rings is 1. The summed E-state index contributed by atoms with van der Waals surface area (Å²) in [7, 11) is 0. The van der Waals surface area contributed by atoms with Crippen LogP contribution in [-0.2, 0) is 14.2 Å². The fourth-order valence-electron chi connectivity index (χ4n) is 3.30. The van der Waals surface area contributed by atoms with Gasteiger partial charge < -0.3 is 34.6 Å². The quantitative estimate of drug-likeness (QED) is 0.512. The molecule has 0 amide bonds. The van der Waals surface area contributed by atoms with E-state index < -0.39 is 37.3 Å². The molecule has 2 heterocycles. The number of esters is 1. The van der Waals surface area contributed by atoms with E-state index in [1.807, 2.05) is 12.1 Å². The normalized spacial score (nSPS) is 35.0. The van der Waals surface area contributed by atoms with Gasteiger partial charge in [-0.3, -0.25) is 0 Å². The van der Waals surface area contributed by atoms with Crippen LogP contribution in [0.15, 0.2) is 24.3 Å². The minimum Gasteiger partial charge on any atom is -0.454 e. The first-order chi connectivity index (χ1) is 12.4. The predicted octanol–water partition coefficient (Wildman–Crippen LogP) is -0.117. The summed E-state index contributed by atoms with van der Waals surface area (Å²) in [4.78, 5) is 11.8. The lowest BCUT2D eigenvalue weighted by Crippen LogP contribution is -2.59. The summed E-state index contributed by atoms with van der Waals surface area (Å²) in [6.45, 7) is 1.26. The van der Waals surface area contributed by atoms with Crippen LogP contribution >= 0.6 is 0 Å². The van der Waals surface area contributed by atoms with E-state index in [0.717, 1.165) is 5.56 Å². The highest BCUT2D eigenvalue weighted by molar-refractivity contribution is 5.93. The van der Waals surface area contributed by atoms with E-state index in [0.29, 0.717) is 18.4 Å². The molecule has 0 unspecified atom stereocenters. The highest BCUT2D eigenvalue weighted by Gasteiger charge is 2.44. The number of rotatable bonds is 6. The Morgan fingerprint density at radius 3 is 2.62 bits per heavy atom. The van der Waals surface area contributed by atoms with Gasteiger partial charge in [-0.2, -0.15) is 0 Å². The molecule has 0 aliphatic carbocycles. The van der Waals surface area contributed by atoms with Gasteiger partial charge in [-0.1, -0.05) is 18.2 Å². The van der Waals surface area contributed by atoms with E-state index >= 15 is 0 Å². The van der Waals surface area contributed by atoms with Crippen molar-refractivity contribution < 1.29 is 39.4 Å². The summed E-state index contributed by atoms with van der Waals surface area (Å²) in [5, 5.41) is 38.8. The van der Waals surface area contributed by atoms with Crippen molar-refractivity contribution in [2.24, 2.45) is 0 Å². The Balaban J connectivity index is 1.55. The van der Waals surface area contributed by atoms with Crippen molar-refractivity contribution in [2.75, 3.05) is 6.61 Å². The first kappa shape index (κ1) is 19.2. The predicted molar refractivity (Wildman–Crippen MR) is 88.1 cm³/mol. The molecule has 0 saturated carbocycles. The zero-order valence-electron chi connectivity index (χ0n) is 14.4. The zero-order chi connectivity index (χ0) is 18.8. The standard InChI is InChI=1S/C18H24O8/c1-9(24-18-16(22)15(21)14(20)13(8-19)26-18)6-7-12-10-4-2-3-5-11(10)17(23)25-12/h2-5,9,12-16,18-22H,6-8H2,1H3/t9-,12+,13-,14-,15+,16-,18-/m1/s1. The lowest BCUT2D eigenvalue weighted by atomic mass is 9.99. The Kier molecular flexibility index (Phi) is 5.91. The van der Waals surface area contributed by atoms with E-state index in [1.54, 1.807) is 19.1 Å². The maximum absolute atomic E-state index is 11.8. The molecule has 7 atom stereocenters. The molecule has 0 aromatic heterocycles. The molecule has 1 fully saturated rings. The van der Waals surface area contributed by atoms with Gasteiger partial charge in [0, 0.05) is 5.56 Å². The van der Waals surface area contributed by atoms with Crippen molar-refractivity contribution >= 4 is 5.97 Å². The summed E-state index contributed by atoms with van der Waals surface area (Å²) < 4.78 is 16.3. The van der Waals surface area contributed by atoms with E-state index in [1.165, 1.54) is 0 Å². The van der Waals surface area contributed by atoms with Gasteiger partial charge >= 0.3 is 5.97 Å². The van der Waals surface area contributed by atoms with E-state index in [2.05, 4.69) is 0 Å². The zero-order valence-corrected chi connectivity index (χ0v) is 14.4. The van der Waals surface area contributed by atoms with Gasteiger partial charge in [0.1, 0.15) is 30.5 Å². The summed E-state index contributed by atoms with van der Waals surface area (Å²) in [5.41, 5.74) is 1.41. The lowest BCUT2D eigenvalue weighted by Gasteiger charge is -2.40. The summed E-state index contributed by atoms with van der Waals surface area (Å²) in [6.07, 6.45) is -6.17. The van der Waals surface area contributed by atoms with Crippen LogP contribution in [0.1, 0.15) is 41.8 Å². The van der Waals surface area contributed by atoms with Gasteiger partial charge in [0.05, 0.1) is 18.3 Å². The number of hydrogen-bond acceptors (Lipinski definition) is 8. The third-order valence-corrected chi connectivity index (χ3v) is 4.83. The first-order valence-electron chi connectivity index (χ1n) is 8.68. The molecule has 0 spiro atoms. The number of aliphatic hydroxyl groups is 4. The molecule has 8 heteroatoms. The number of carbonyl (C=O) groups is 1. The maximum Gasteiger partial charge on any atom is 0.339 e. The molecule has 26 heavy (non-hydrogen) atoms. The van der Waals surface area contributed by atoms with Crippen molar-refractivity contribution in [3.05, 3.63) is 35.4 Å². The first-order valence-corrected chi connectivity index (χ1v) is 8.68. The molecule has 1 aromatic carbocycles. The summed E-state index contributed by atoms with van der Waals surface area (Å²) >= 11 is 0. The Morgan fingerprint density at radius 1 is 1.15 bits per heavy atom. The highest BCUT2D eigenvalue weighted by Crippen LogP contribution is 2.34. The Hall–Kier alpha value is -1.55. The monoisotopic (exact) mass is 368 g/mol. The van der Waals surface area contributed by atoms with E-state index in [-0.39, 0.29) is 18.2 Å². The SMILES string of the molecule is C[C@H](CC[C@@H]1OC(=O)c2ccccc21)O[C@@H]1O[C@H](CO)[C@@H](O)[C@H](O)[C@H]1O. The highest BCUT2D eigenvalue weighted by atomic mass is 16.7. The summed E-state index contributed by atoms with van der Waals surface area (Å²) in [5.74, 6) is -0.340. The van der Waals surface area contributed by atoms with Crippen molar-refractivity contribution in [1.82, 2.24) is 0 Å². The summed E-state index contributed by atoms with van der Waals surface area (Å²) in [6, 6.07) is 7.22. The van der Waals surface area contributed by atoms with E-state index in [4.69, 9.17) is 14.2 Å². The molecular formula is C18H24O8. The number of aliphatic hydroxyl groups excluding tert-OH is 4. The van der Waals surface area contributed by atoms with Crippen molar-refractivity contribution in [3.63, 3.8) is 0 Å². The second-order valence-electron chi connectivity index (χ2n) is 6.70. The topological polar surface area (TPSA) is 126 Å². The number of cyclic esters (lactones) is 1. The van der Waals surface area contributed by atoms with Gasteiger partial charge in [0.25, 0.3) is 0 Å². The molecule has 2 aliphatic rings. The molecule has 144 valence electrons. The number of fused-ring (bicyclic) bond motifs is 1. The molecule has 2 aliphatic heterocycles. The lowest BCUT2D eigenvalue weighted by molar-refractivity contribution is -0.310. The van der Waals surface area contributed by atoms with Crippen LogP contribution in [0.5, 0.6) is 0 Å². The fourth-order valence-corrected chi connectivity index (χ4v) is 3.30. The molecule has 4 N–H and O–H groups in total. The number of ether oxygens (including phenoxy) is 3. The van der Waals surface area contributed by atoms with Crippen LogP contribution in [0.2, 0.25) is 0 Å². The van der Waals surface area contributed by atoms with Gasteiger partial charge in [-0.25, -0.2) is 4.79 Å². The number of hydrogen-bond donors (Lipinski definition) is 4. The molecule has 0 bridgehead atoms. The largest absolute Gasteiger partial charge is 0.454 e. The third-order valence-electron chi connectivity index (χ3n) is 4.83. The molecule has 8 nitrogen and oxygen atoms in total. The average Bonchev–Trinajstić information content (AvgIpc) is 2.97.